The Morgan fingerprint density at radius 3 is 2.35 bits per heavy atom. The van der Waals surface area contributed by atoms with Crippen LogP contribution in [0.4, 0.5) is 8.78 Å². The summed E-state index contributed by atoms with van der Waals surface area (Å²) in [5.74, 6) is -0.414. The van der Waals surface area contributed by atoms with Crippen LogP contribution in [-0.4, -0.2) is 0 Å². The highest BCUT2D eigenvalue weighted by Gasteiger charge is 2.21. The number of hydrogen-bond acceptors (Lipinski definition) is 0. The second kappa shape index (κ2) is 5.44. The molecule has 0 heterocycles. The van der Waals surface area contributed by atoms with Gasteiger partial charge in [-0.1, -0.05) is 18.2 Å². The van der Waals surface area contributed by atoms with Gasteiger partial charge in [-0.05, 0) is 62.1 Å². The molecule has 0 spiro atoms. The monoisotopic (exact) mass is 236 g/mol. The Kier molecular flexibility index (Phi) is 3.93. The molecule has 0 N–H and O–H groups in total. The molecule has 17 heavy (non-hydrogen) atoms. The lowest BCUT2D eigenvalue weighted by atomic mass is 9.78. The summed E-state index contributed by atoms with van der Waals surface area (Å²) in [5.41, 5.74) is 0.947. The van der Waals surface area contributed by atoms with Gasteiger partial charge < -0.3 is 0 Å². The van der Waals surface area contributed by atoms with E-state index in [0.717, 1.165) is 31.2 Å². The molecule has 1 fully saturated rings. The Morgan fingerprint density at radius 2 is 1.76 bits per heavy atom. The maximum absolute atomic E-state index is 13.1. The van der Waals surface area contributed by atoms with E-state index in [4.69, 9.17) is 0 Å². The molecule has 0 unspecified atom stereocenters. The van der Waals surface area contributed by atoms with Gasteiger partial charge in [0.25, 0.3) is 0 Å². The number of rotatable bonds is 2. The van der Waals surface area contributed by atoms with Crippen molar-refractivity contribution in [1.29, 1.82) is 0 Å². The average Bonchev–Trinajstić information content (AvgIpc) is 2.34. The van der Waals surface area contributed by atoms with Crippen LogP contribution < -0.4 is 0 Å². The minimum Gasteiger partial charge on any atom is -0.204 e. The van der Waals surface area contributed by atoms with Gasteiger partial charge in [0.15, 0.2) is 11.6 Å². The second-order valence-electron chi connectivity index (χ2n) is 4.81. The van der Waals surface area contributed by atoms with Gasteiger partial charge in [0, 0.05) is 0 Å². The molecule has 0 radical (unpaired) electrons. The molecular formula is C15H18F2. The topological polar surface area (TPSA) is 0 Å². The van der Waals surface area contributed by atoms with Crippen LogP contribution in [0, 0.1) is 17.6 Å². The summed E-state index contributed by atoms with van der Waals surface area (Å²) in [6, 6.07) is 4.32. The third-order valence-electron chi connectivity index (χ3n) is 3.65. The van der Waals surface area contributed by atoms with E-state index < -0.39 is 11.6 Å². The predicted octanol–water partition coefficient (Wildman–Crippen LogP) is 4.81. The van der Waals surface area contributed by atoms with E-state index in [2.05, 4.69) is 12.2 Å². The zero-order chi connectivity index (χ0) is 12.3. The highest BCUT2D eigenvalue weighted by atomic mass is 19.2. The van der Waals surface area contributed by atoms with E-state index in [-0.39, 0.29) is 0 Å². The zero-order valence-electron chi connectivity index (χ0n) is 10.1. The Hall–Kier alpha value is -1.18. The van der Waals surface area contributed by atoms with Crippen molar-refractivity contribution in [2.75, 3.05) is 0 Å². The molecule has 1 aromatic carbocycles. The van der Waals surface area contributed by atoms with Gasteiger partial charge in [0.2, 0.25) is 0 Å². The molecule has 0 amide bonds. The fourth-order valence-electron chi connectivity index (χ4n) is 2.68. The van der Waals surface area contributed by atoms with E-state index in [0.29, 0.717) is 11.8 Å². The van der Waals surface area contributed by atoms with Crippen LogP contribution in [0.15, 0.2) is 30.4 Å². The van der Waals surface area contributed by atoms with Crippen LogP contribution in [-0.2, 0) is 0 Å². The summed E-state index contributed by atoms with van der Waals surface area (Å²) in [5, 5.41) is 0. The van der Waals surface area contributed by atoms with Gasteiger partial charge in [-0.25, -0.2) is 8.78 Å². The maximum atomic E-state index is 13.1. The van der Waals surface area contributed by atoms with Crippen molar-refractivity contribution in [3.05, 3.63) is 47.5 Å². The van der Waals surface area contributed by atoms with Gasteiger partial charge in [-0.3, -0.25) is 0 Å². The molecule has 0 atom stereocenters. The van der Waals surface area contributed by atoms with E-state index in [9.17, 15) is 8.78 Å². The average molecular weight is 236 g/mol. The molecule has 2 heteroatoms. The molecule has 92 valence electrons. The summed E-state index contributed by atoms with van der Waals surface area (Å²) < 4.78 is 26.0. The fourth-order valence-corrected chi connectivity index (χ4v) is 2.68. The molecule has 1 aliphatic rings. The Labute approximate surface area is 101 Å². The molecule has 0 aromatic heterocycles. The van der Waals surface area contributed by atoms with Gasteiger partial charge in [-0.2, -0.15) is 0 Å². The van der Waals surface area contributed by atoms with E-state index in [1.807, 2.05) is 6.92 Å². The number of allylic oxidation sites excluding steroid dienone is 2. The summed E-state index contributed by atoms with van der Waals surface area (Å²) in [6.45, 7) is 2.04. The molecule has 0 aliphatic heterocycles. The molecule has 0 bridgehead atoms. The first kappa shape index (κ1) is 12.3. The Balaban J connectivity index is 2.02. The second-order valence-corrected chi connectivity index (χ2v) is 4.81. The fraction of sp³-hybridized carbons (Fsp3) is 0.467. The first-order chi connectivity index (χ1) is 8.20. The molecule has 1 aromatic rings. The minimum absolute atomic E-state index is 0.395. The third-order valence-corrected chi connectivity index (χ3v) is 3.65. The third kappa shape index (κ3) is 2.93. The van der Waals surface area contributed by atoms with Gasteiger partial charge in [0.1, 0.15) is 0 Å². The molecular weight excluding hydrogens is 218 g/mol. The van der Waals surface area contributed by atoms with Gasteiger partial charge in [-0.15, -0.1) is 0 Å². The van der Waals surface area contributed by atoms with Crippen molar-refractivity contribution >= 4 is 0 Å². The lowest BCUT2D eigenvalue weighted by molar-refractivity contribution is 0.374. The number of benzene rings is 1. The first-order valence-corrected chi connectivity index (χ1v) is 6.28. The van der Waals surface area contributed by atoms with Crippen molar-refractivity contribution in [2.24, 2.45) is 5.92 Å². The highest BCUT2D eigenvalue weighted by molar-refractivity contribution is 5.22. The molecule has 2 rings (SSSR count). The summed E-state index contributed by atoms with van der Waals surface area (Å²) in [6.07, 6.45) is 8.78. The minimum atomic E-state index is -0.753. The van der Waals surface area contributed by atoms with Crippen molar-refractivity contribution in [3.63, 3.8) is 0 Å². The van der Waals surface area contributed by atoms with E-state index >= 15 is 0 Å². The van der Waals surface area contributed by atoms with Crippen molar-refractivity contribution in [3.8, 4) is 0 Å². The van der Waals surface area contributed by atoms with Crippen LogP contribution in [0.3, 0.4) is 0 Å². The van der Waals surface area contributed by atoms with Crippen LogP contribution in [0.2, 0.25) is 0 Å². The summed E-state index contributed by atoms with van der Waals surface area (Å²) in [4.78, 5) is 0. The normalized spacial score (nSPS) is 25.4. The first-order valence-electron chi connectivity index (χ1n) is 6.28. The van der Waals surface area contributed by atoms with E-state index in [1.165, 1.54) is 12.1 Å². The molecule has 0 nitrogen and oxygen atoms in total. The highest BCUT2D eigenvalue weighted by Crippen LogP contribution is 2.36. The molecule has 1 saturated carbocycles. The molecule has 0 saturated heterocycles. The van der Waals surface area contributed by atoms with Crippen molar-refractivity contribution < 1.29 is 8.78 Å². The van der Waals surface area contributed by atoms with E-state index in [1.54, 1.807) is 6.07 Å². The Bertz CT molecular complexity index is 401. The molecule has 1 aliphatic carbocycles. The lowest BCUT2D eigenvalue weighted by Crippen LogP contribution is -2.12. The van der Waals surface area contributed by atoms with Crippen LogP contribution >= 0.6 is 0 Å². The van der Waals surface area contributed by atoms with Crippen LogP contribution in [0.1, 0.15) is 44.1 Å². The number of hydrogen-bond donors (Lipinski definition) is 0. The van der Waals surface area contributed by atoms with Gasteiger partial charge in [0.05, 0.1) is 0 Å². The van der Waals surface area contributed by atoms with Gasteiger partial charge >= 0.3 is 0 Å². The van der Waals surface area contributed by atoms with Crippen LogP contribution in [0.5, 0.6) is 0 Å². The SMILES string of the molecule is CC=CC1CCC(c2ccc(F)c(F)c2)CC1. The standard InChI is InChI=1S/C15H18F2/c1-2-3-11-4-6-12(7-5-11)13-8-9-14(16)15(17)10-13/h2-3,8-12H,4-7H2,1H3. The largest absolute Gasteiger partial charge is 0.204 e. The van der Waals surface area contributed by atoms with Crippen molar-refractivity contribution in [2.45, 2.75) is 38.5 Å². The summed E-state index contributed by atoms with van der Waals surface area (Å²) in [7, 11) is 0. The number of halogens is 2. The Morgan fingerprint density at radius 1 is 1.06 bits per heavy atom. The summed E-state index contributed by atoms with van der Waals surface area (Å²) >= 11 is 0. The maximum Gasteiger partial charge on any atom is 0.159 e. The predicted molar refractivity (Wildman–Crippen MR) is 65.9 cm³/mol. The quantitative estimate of drug-likeness (QED) is 0.646. The lowest BCUT2D eigenvalue weighted by Gasteiger charge is -2.27. The van der Waals surface area contributed by atoms with Crippen LogP contribution in [0.25, 0.3) is 0 Å². The van der Waals surface area contributed by atoms with Crippen molar-refractivity contribution in [1.82, 2.24) is 0 Å². The smallest absolute Gasteiger partial charge is 0.159 e. The zero-order valence-corrected chi connectivity index (χ0v) is 10.1.